The summed E-state index contributed by atoms with van der Waals surface area (Å²) >= 11 is 1.49. The van der Waals surface area contributed by atoms with E-state index in [0.29, 0.717) is 16.2 Å². The zero-order valence-corrected chi connectivity index (χ0v) is 18.8. The van der Waals surface area contributed by atoms with E-state index in [2.05, 4.69) is 15.0 Å². The number of aromatic nitrogens is 3. The number of hydrogen-bond donors (Lipinski definition) is 1. The molecule has 0 saturated carbocycles. The van der Waals surface area contributed by atoms with E-state index in [9.17, 15) is 8.42 Å². The van der Waals surface area contributed by atoms with Gasteiger partial charge < -0.3 is 4.98 Å². The predicted molar refractivity (Wildman–Crippen MR) is 127 cm³/mol. The topological polar surface area (TPSA) is 75.7 Å². The molecular weight excluding hydrogens is 438 g/mol. The highest BCUT2D eigenvalue weighted by atomic mass is 32.2. The number of nitrogens with zero attached hydrogens (tertiary/aromatic N) is 2. The zero-order chi connectivity index (χ0) is 22.1. The van der Waals surface area contributed by atoms with Gasteiger partial charge in [-0.15, -0.1) is 0 Å². The molecule has 0 spiro atoms. The highest BCUT2D eigenvalue weighted by Crippen LogP contribution is 2.35. The summed E-state index contributed by atoms with van der Waals surface area (Å²) in [6.07, 6.45) is 1.77. The Morgan fingerprint density at radius 2 is 1.59 bits per heavy atom. The number of aromatic amines is 1. The van der Waals surface area contributed by atoms with Crippen molar-refractivity contribution in [3.8, 4) is 11.3 Å². The van der Waals surface area contributed by atoms with Crippen LogP contribution < -0.4 is 0 Å². The molecule has 0 bridgehead atoms. The number of benzene rings is 3. The van der Waals surface area contributed by atoms with Gasteiger partial charge in [0.05, 0.1) is 26.5 Å². The lowest BCUT2D eigenvalue weighted by Gasteiger charge is -2.06. The number of hydrogen-bond acceptors (Lipinski definition) is 5. The molecule has 3 aromatic carbocycles. The van der Waals surface area contributed by atoms with Gasteiger partial charge in [0.15, 0.2) is 5.16 Å². The van der Waals surface area contributed by atoms with Gasteiger partial charge in [-0.1, -0.05) is 53.7 Å². The molecule has 158 valence electrons. The first-order chi connectivity index (χ1) is 15.5. The minimum Gasteiger partial charge on any atom is -0.333 e. The summed E-state index contributed by atoms with van der Waals surface area (Å²) in [5.74, 6) is 0. The van der Waals surface area contributed by atoms with Crippen LogP contribution in [0.25, 0.3) is 22.3 Å². The van der Waals surface area contributed by atoms with Crippen LogP contribution in [0.4, 0.5) is 0 Å². The quantitative estimate of drug-likeness (QED) is 0.355. The van der Waals surface area contributed by atoms with Gasteiger partial charge in [0, 0.05) is 16.7 Å². The Morgan fingerprint density at radius 3 is 2.38 bits per heavy atom. The van der Waals surface area contributed by atoms with Crippen molar-refractivity contribution in [2.75, 3.05) is 0 Å². The number of fused-ring (bicyclic) bond motifs is 1. The van der Waals surface area contributed by atoms with E-state index in [1.165, 1.54) is 11.8 Å². The molecule has 0 unspecified atom stereocenters. The Hall–Kier alpha value is -3.42. The van der Waals surface area contributed by atoms with Crippen LogP contribution in [0.5, 0.6) is 0 Å². The molecule has 0 fully saturated rings. The molecule has 5 rings (SSSR count). The predicted octanol–water partition coefficient (Wildman–Crippen LogP) is 5.92. The zero-order valence-electron chi connectivity index (χ0n) is 17.2. The minimum atomic E-state index is -3.60. The number of aryl methyl sites for hydroxylation is 1. The minimum absolute atomic E-state index is 0.239. The van der Waals surface area contributed by atoms with E-state index >= 15 is 0 Å². The number of nitrogens with one attached hydrogen (secondary N) is 1. The Labute approximate surface area is 190 Å². The maximum absolute atomic E-state index is 13.0. The molecule has 0 amide bonds. The van der Waals surface area contributed by atoms with Gasteiger partial charge in [0.2, 0.25) is 9.84 Å². The van der Waals surface area contributed by atoms with E-state index in [1.54, 1.807) is 48.7 Å². The Kier molecular flexibility index (Phi) is 5.28. The van der Waals surface area contributed by atoms with Gasteiger partial charge in [-0.3, -0.25) is 4.98 Å². The molecule has 7 heteroatoms. The smallest absolute Gasteiger partial charge is 0.206 e. The molecule has 0 radical (unpaired) electrons. The van der Waals surface area contributed by atoms with E-state index in [-0.39, 0.29) is 9.79 Å². The Balaban J connectivity index is 1.49. The second-order valence-corrected chi connectivity index (χ2v) is 10.3. The molecule has 5 nitrogen and oxygen atoms in total. The lowest BCUT2D eigenvalue weighted by molar-refractivity contribution is 0.596. The van der Waals surface area contributed by atoms with Crippen molar-refractivity contribution < 1.29 is 8.42 Å². The first-order valence-electron chi connectivity index (χ1n) is 10.0. The molecule has 2 aromatic heterocycles. The number of imidazole rings is 1. The van der Waals surface area contributed by atoms with E-state index < -0.39 is 9.84 Å². The highest BCUT2D eigenvalue weighted by Gasteiger charge is 2.19. The molecule has 5 aromatic rings. The average molecular weight is 458 g/mol. The molecule has 32 heavy (non-hydrogen) atoms. The third kappa shape index (κ3) is 3.92. The molecule has 0 aliphatic rings. The lowest BCUT2D eigenvalue weighted by Crippen LogP contribution is -2.01. The summed E-state index contributed by atoms with van der Waals surface area (Å²) in [5, 5.41) is 0.688. The molecule has 0 atom stereocenters. The fourth-order valence-electron chi connectivity index (χ4n) is 3.43. The van der Waals surface area contributed by atoms with Crippen LogP contribution in [0.2, 0.25) is 0 Å². The summed E-state index contributed by atoms with van der Waals surface area (Å²) in [5.41, 5.74) is 4.31. The first-order valence-corrected chi connectivity index (χ1v) is 12.3. The SMILES string of the molecule is Cc1ccc(S(=O)(=O)c2ccc3nc(Sc4ccccc4-c4ccccn4)[nH]c3c2)cc1. The summed E-state index contributed by atoms with van der Waals surface area (Å²) < 4.78 is 26.1. The van der Waals surface area contributed by atoms with Crippen LogP contribution in [0.1, 0.15) is 5.56 Å². The normalized spacial score (nSPS) is 11.7. The van der Waals surface area contributed by atoms with Gasteiger partial charge >= 0.3 is 0 Å². The van der Waals surface area contributed by atoms with Gasteiger partial charge in [-0.05, 0) is 55.5 Å². The standard InChI is InChI=1S/C25H19N3O2S2/c1-17-9-11-18(12-10-17)32(29,30)19-13-14-22-23(16-19)28-25(27-22)31-24-8-3-2-6-20(24)21-7-4-5-15-26-21/h2-16H,1H3,(H,27,28). The van der Waals surface area contributed by atoms with Crippen molar-refractivity contribution in [2.24, 2.45) is 0 Å². The third-order valence-corrected chi connectivity index (χ3v) is 7.84. The van der Waals surface area contributed by atoms with E-state index in [1.807, 2.05) is 49.4 Å². The van der Waals surface area contributed by atoms with Crippen molar-refractivity contribution in [3.05, 3.63) is 96.7 Å². The molecule has 0 saturated heterocycles. The first kappa shape index (κ1) is 20.5. The number of sulfone groups is 1. The maximum atomic E-state index is 13.0. The Bertz CT molecular complexity index is 1510. The van der Waals surface area contributed by atoms with Crippen molar-refractivity contribution in [1.29, 1.82) is 0 Å². The molecule has 0 aliphatic carbocycles. The van der Waals surface area contributed by atoms with Gasteiger partial charge in [0.25, 0.3) is 0 Å². The van der Waals surface area contributed by atoms with Gasteiger partial charge in [-0.2, -0.15) is 0 Å². The maximum Gasteiger partial charge on any atom is 0.206 e. The van der Waals surface area contributed by atoms with Crippen molar-refractivity contribution in [2.45, 2.75) is 26.8 Å². The number of pyridine rings is 1. The summed E-state index contributed by atoms with van der Waals surface area (Å²) in [4.78, 5) is 13.9. The highest BCUT2D eigenvalue weighted by molar-refractivity contribution is 7.99. The average Bonchev–Trinajstić information content (AvgIpc) is 3.22. The summed E-state index contributed by atoms with van der Waals surface area (Å²) in [7, 11) is -3.60. The summed E-state index contributed by atoms with van der Waals surface area (Å²) in [6.45, 7) is 1.93. The van der Waals surface area contributed by atoms with Crippen LogP contribution in [-0.2, 0) is 9.84 Å². The summed E-state index contributed by atoms with van der Waals surface area (Å²) in [6, 6.07) is 25.7. The second kappa shape index (κ2) is 8.26. The molecular formula is C25H19N3O2S2. The molecule has 1 N–H and O–H groups in total. The van der Waals surface area contributed by atoms with E-state index in [4.69, 9.17) is 0 Å². The lowest BCUT2D eigenvalue weighted by atomic mass is 10.1. The van der Waals surface area contributed by atoms with Crippen LogP contribution in [0, 0.1) is 6.92 Å². The van der Waals surface area contributed by atoms with E-state index in [0.717, 1.165) is 21.7 Å². The monoisotopic (exact) mass is 457 g/mol. The number of rotatable bonds is 5. The molecule has 2 heterocycles. The van der Waals surface area contributed by atoms with Gasteiger partial charge in [-0.25, -0.2) is 13.4 Å². The fourth-order valence-corrected chi connectivity index (χ4v) is 5.66. The Morgan fingerprint density at radius 1 is 0.844 bits per heavy atom. The van der Waals surface area contributed by atoms with Crippen molar-refractivity contribution in [3.63, 3.8) is 0 Å². The third-order valence-electron chi connectivity index (χ3n) is 5.11. The van der Waals surface area contributed by atoms with Crippen LogP contribution >= 0.6 is 11.8 Å². The largest absolute Gasteiger partial charge is 0.333 e. The number of H-pyrrole nitrogens is 1. The van der Waals surface area contributed by atoms with Crippen molar-refractivity contribution >= 4 is 32.6 Å². The van der Waals surface area contributed by atoms with Gasteiger partial charge in [0.1, 0.15) is 0 Å². The second-order valence-electron chi connectivity index (χ2n) is 7.35. The van der Waals surface area contributed by atoms with Crippen LogP contribution in [0.3, 0.4) is 0 Å². The molecule has 0 aliphatic heterocycles. The van der Waals surface area contributed by atoms with Crippen molar-refractivity contribution in [1.82, 2.24) is 15.0 Å². The van der Waals surface area contributed by atoms with Crippen LogP contribution in [-0.4, -0.2) is 23.4 Å². The van der Waals surface area contributed by atoms with Crippen LogP contribution in [0.15, 0.2) is 111 Å². The fraction of sp³-hybridized carbons (Fsp3) is 0.0400.